The summed E-state index contributed by atoms with van der Waals surface area (Å²) in [6.45, 7) is 1.71. The van der Waals surface area contributed by atoms with E-state index >= 15 is 0 Å². The van der Waals surface area contributed by atoms with Gasteiger partial charge in [-0.1, -0.05) is 12.1 Å². The van der Waals surface area contributed by atoms with Crippen LogP contribution in [0.5, 0.6) is 0 Å². The Hall–Kier alpha value is -1.73. The van der Waals surface area contributed by atoms with Gasteiger partial charge in [0, 0.05) is 31.6 Å². The summed E-state index contributed by atoms with van der Waals surface area (Å²) < 4.78 is 26.1. The van der Waals surface area contributed by atoms with Crippen molar-refractivity contribution in [3.8, 4) is 0 Å². The molecule has 1 aliphatic rings. The van der Waals surface area contributed by atoms with Gasteiger partial charge in [0.15, 0.2) is 5.78 Å². The smallest absolute Gasteiger partial charge is 0.242 e. The van der Waals surface area contributed by atoms with Crippen LogP contribution in [-0.4, -0.2) is 44.0 Å². The van der Waals surface area contributed by atoms with E-state index in [0.29, 0.717) is 24.4 Å². The van der Waals surface area contributed by atoms with Crippen molar-refractivity contribution in [2.45, 2.75) is 43.5 Å². The number of nitrogens with one attached hydrogen (secondary N) is 1. The lowest BCUT2D eigenvalue weighted by atomic mass is 10.2. The first-order chi connectivity index (χ1) is 10.8. The Kier molecular flexibility index (Phi) is 5.54. The average molecular weight is 338 g/mol. The first kappa shape index (κ1) is 17.6. The lowest BCUT2D eigenvalue weighted by molar-refractivity contribution is -0.121. The van der Waals surface area contributed by atoms with Gasteiger partial charge in [-0.2, -0.15) is 0 Å². The third kappa shape index (κ3) is 4.87. The van der Waals surface area contributed by atoms with E-state index in [1.54, 1.807) is 0 Å². The van der Waals surface area contributed by atoms with Crippen molar-refractivity contribution in [3.05, 3.63) is 29.8 Å². The molecule has 1 fully saturated rings. The molecular formula is C16H22N2O4S. The monoisotopic (exact) mass is 338 g/mol. The molecule has 126 valence electrons. The molecule has 1 amide bonds. The average Bonchev–Trinajstić information content (AvgIpc) is 3.31. The highest BCUT2D eigenvalue weighted by molar-refractivity contribution is 7.89. The van der Waals surface area contributed by atoms with Gasteiger partial charge in [0.2, 0.25) is 15.9 Å². The second kappa shape index (κ2) is 7.23. The van der Waals surface area contributed by atoms with Crippen LogP contribution >= 0.6 is 0 Å². The maximum atomic E-state index is 12.4. The molecule has 0 spiro atoms. The Labute approximate surface area is 136 Å². The molecule has 0 aromatic heterocycles. The zero-order valence-corrected chi connectivity index (χ0v) is 14.2. The Morgan fingerprint density at radius 3 is 2.35 bits per heavy atom. The van der Waals surface area contributed by atoms with Crippen molar-refractivity contribution >= 4 is 21.7 Å². The quantitative estimate of drug-likeness (QED) is 0.729. The molecule has 1 N–H and O–H groups in total. The van der Waals surface area contributed by atoms with E-state index in [1.807, 2.05) is 0 Å². The standard InChI is InChI=1S/C16H22N2O4S/c1-12(19)13-5-9-15(10-6-13)23(21,22)18(2)11-3-4-16(20)17-14-7-8-14/h5-6,9-10,14H,3-4,7-8,11H2,1-2H3,(H,17,20). The zero-order valence-electron chi connectivity index (χ0n) is 13.4. The second-order valence-corrected chi connectivity index (χ2v) is 7.90. The highest BCUT2D eigenvalue weighted by Crippen LogP contribution is 2.19. The maximum absolute atomic E-state index is 12.4. The molecule has 1 aliphatic carbocycles. The van der Waals surface area contributed by atoms with Gasteiger partial charge in [-0.15, -0.1) is 0 Å². The van der Waals surface area contributed by atoms with E-state index in [1.165, 1.54) is 42.5 Å². The number of rotatable bonds is 8. The molecule has 0 radical (unpaired) electrons. The number of amides is 1. The van der Waals surface area contributed by atoms with Crippen LogP contribution in [-0.2, 0) is 14.8 Å². The van der Waals surface area contributed by atoms with Crippen LogP contribution in [0.3, 0.4) is 0 Å². The number of hydrogen-bond acceptors (Lipinski definition) is 4. The molecule has 0 bridgehead atoms. The first-order valence-corrected chi connectivity index (χ1v) is 9.11. The van der Waals surface area contributed by atoms with Gasteiger partial charge in [0.05, 0.1) is 4.90 Å². The molecule has 0 saturated heterocycles. The minimum Gasteiger partial charge on any atom is -0.353 e. The fraction of sp³-hybridized carbons (Fsp3) is 0.500. The van der Waals surface area contributed by atoms with Gasteiger partial charge in [0.1, 0.15) is 0 Å². The minimum atomic E-state index is -3.60. The number of sulfonamides is 1. The third-order valence-electron chi connectivity index (χ3n) is 3.79. The highest BCUT2D eigenvalue weighted by Gasteiger charge is 2.24. The molecule has 2 rings (SSSR count). The molecule has 1 saturated carbocycles. The van der Waals surface area contributed by atoms with Crippen LogP contribution in [0.25, 0.3) is 0 Å². The number of hydrogen-bond donors (Lipinski definition) is 1. The number of carbonyl (C=O) groups excluding carboxylic acids is 2. The predicted molar refractivity (Wildman–Crippen MR) is 86.7 cm³/mol. The summed E-state index contributed by atoms with van der Waals surface area (Å²) in [7, 11) is -2.11. The molecule has 7 heteroatoms. The van der Waals surface area contributed by atoms with Gasteiger partial charge in [0.25, 0.3) is 0 Å². The van der Waals surface area contributed by atoms with E-state index in [2.05, 4.69) is 5.32 Å². The van der Waals surface area contributed by atoms with Crippen molar-refractivity contribution in [2.75, 3.05) is 13.6 Å². The lowest BCUT2D eigenvalue weighted by Crippen LogP contribution is -2.30. The number of Topliss-reactive ketones (excluding diaryl/α,β-unsaturated/α-hetero) is 1. The first-order valence-electron chi connectivity index (χ1n) is 7.67. The van der Waals surface area contributed by atoms with Crippen molar-refractivity contribution in [3.63, 3.8) is 0 Å². The summed E-state index contributed by atoms with van der Waals surface area (Å²) in [6, 6.07) is 6.20. The number of carbonyl (C=O) groups is 2. The van der Waals surface area contributed by atoms with Crippen molar-refractivity contribution in [1.29, 1.82) is 0 Å². The van der Waals surface area contributed by atoms with Gasteiger partial charge >= 0.3 is 0 Å². The van der Waals surface area contributed by atoms with Gasteiger partial charge in [-0.05, 0) is 38.3 Å². The van der Waals surface area contributed by atoms with Crippen molar-refractivity contribution in [1.82, 2.24) is 9.62 Å². The summed E-state index contributed by atoms with van der Waals surface area (Å²) in [6.07, 6.45) is 2.87. The van der Waals surface area contributed by atoms with Gasteiger partial charge in [-0.3, -0.25) is 9.59 Å². The summed E-state index contributed by atoms with van der Waals surface area (Å²) in [5, 5.41) is 2.88. The van der Waals surface area contributed by atoms with Crippen molar-refractivity contribution < 1.29 is 18.0 Å². The van der Waals surface area contributed by atoms with Crippen LogP contribution in [0, 0.1) is 0 Å². The number of ketones is 1. The maximum Gasteiger partial charge on any atom is 0.242 e. The predicted octanol–water partition coefficient (Wildman–Crippen LogP) is 1.57. The molecule has 1 aromatic rings. The van der Waals surface area contributed by atoms with E-state index in [9.17, 15) is 18.0 Å². The molecule has 23 heavy (non-hydrogen) atoms. The van der Waals surface area contributed by atoms with Crippen LogP contribution in [0.15, 0.2) is 29.2 Å². The third-order valence-corrected chi connectivity index (χ3v) is 5.66. The Bertz CT molecular complexity index is 679. The number of benzene rings is 1. The van der Waals surface area contributed by atoms with E-state index in [4.69, 9.17) is 0 Å². The van der Waals surface area contributed by atoms with Gasteiger partial charge < -0.3 is 5.32 Å². The summed E-state index contributed by atoms with van der Waals surface area (Å²) >= 11 is 0. The van der Waals surface area contributed by atoms with Crippen LogP contribution in [0.4, 0.5) is 0 Å². The van der Waals surface area contributed by atoms with Gasteiger partial charge in [-0.25, -0.2) is 12.7 Å². The fourth-order valence-corrected chi connectivity index (χ4v) is 3.36. The summed E-state index contributed by atoms with van der Waals surface area (Å²) in [4.78, 5) is 23.0. The summed E-state index contributed by atoms with van der Waals surface area (Å²) in [5.74, 6) is -0.131. The normalized spacial score (nSPS) is 14.7. The molecule has 0 heterocycles. The SMILES string of the molecule is CC(=O)c1ccc(S(=O)(=O)N(C)CCCC(=O)NC2CC2)cc1. The van der Waals surface area contributed by atoms with Crippen LogP contribution in [0.1, 0.15) is 43.0 Å². The van der Waals surface area contributed by atoms with Crippen molar-refractivity contribution in [2.24, 2.45) is 0 Å². The van der Waals surface area contributed by atoms with Crippen LogP contribution < -0.4 is 5.32 Å². The molecular weight excluding hydrogens is 316 g/mol. The Morgan fingerprint density at radius 1 is 1.22 bits per heavy atom. The minimum absolute atomic E-state index is 0.0240. The number of nitrogens with zero attached hydrogens (tertiary/aromatic N) is 1. The second-order valence-electron chi connectivity index (χ2n) is 5.85. The molecule has 6 nitrogen and oxygen atoms in total. The zero-order chi connectivity index (χ0) is 17.0. The lowest BCUT2D eigenvalue weighted by Gasteiger charge is -2.17. The van der Waals surface area contributed by atoms with E-state index in [-0.39, 0.29) is 23.1 Å². The fourth-order valence-electron chi connectivity index (χ4n) is 2.15. The molecule has 0 unspecified atom stereocenters. The topological polar surface area (TPSA) is 83.6 Å². The molecule has 0 atom stereocenters. The highest BCUT2D eigenvalue weighted by atomic mass is 32.2. The molecule has 1 aromatic carbocycles. The Balaban J connectivity index is 1.89. The Morgan fingerprint density at radius 2 is 1.83 bits per heavy atom. The molecule has 0 aliphatic heterocycles. The van der Waals surface area contributed by atoms with E-state index in [0.717, 1.165) is 12.8 Å². The van der Waals surface area contributed by atoms with Crippen LogP contribution in [0.2, 0.25) is 0 Å². The summed E-state index contributed by atoms with van der Waals surface area (Å²) in [5.41, 5.74) is 0.475. The largest absolute Gasteiger partial charge is 0.353 e. The van der Waals surface area contributed by atoms with E-state index < -0.39 is 10.0 Å².